The Morgan fingerprint density at radius 3 is 2.33 bits per heavy atom. The van der Waals surface area contributed by atoms with Crippen molar-refractivity contribution < 1.29 is 0 Å². The first-order chi connectivity index (χ1) is 10.4. The van der Waals surface area contributed by atoms with Crippen LogP contribution in [-0.4, -0.2) is 9.97 Å². The van der Waals surface area contributed by atoms with E-state index in [1.165, 1.54) is 10.9 Å². The van der Waals surface area contributed by atoms with Crippen LogP contribution in [0.2, 0.25) is 0 Å². The molecule has 0 saturated carbocycles. The highest BCUT2D eigenvalue weighted by Crippen LogP contribution is 2.30. The van der Waals surface area contributed by atoms with E-state index in [9.17, 15) is 0 Å². The number of para-hydroxylation sites is 1. The highest BCUT2D eigenvalue weighted by Gasteiger charge is 2.08. The van der Waals surface area contributed by atoms with E-state index in [4.69, 9.17) is 4.98 Å². The predicted octanol–water partition coefficient (Wildman–Crippen LogP) is 4.90. The van der Waals surface area contributed by atoms with Gasteiger partial charge in [-0.25, -0.2) is 4.98 Å². The molecule has 0 atom stereocenters. The molecule has 0 fully saturated rings. The number of nitrogens with one attached hydrogen (secondary N) is 1. The lowest BCUT2D eigenvalue weighted by Crippen LogP contribution is -1.89. The lowest BCUT2D eigenvalue weighted by Gasteiger charge is -2.08. The van der Waals surface area contributed by atoms with Crippen LogP contribution < -0.4 is 0 Å². The van der Waals surface area contributed by atoms with Gasteiger partial charge in [0.2, 0.25) is 0 Å². The zero-order chi connectivity index (χ0) is 14.1. The molecule has 4 rings (SSSR count). The van der Waals surface area contributed by atoms with E-state index in [0.29, 0.717) is 0 Å². The van der Waals surface area contributed by atoms with Gasteiger partial charge in [0.05, 0.1) is 11.2 Å². The lowest BCUT2D eigenvalue weighted by molar-refractivity contribution is 1.37. The molecule has 0 aliphatic rings. The Bertz CT molecular complexity index is 892. The Kier molecular flexibility index (Phi) is 2.79. The highest BCUT2D eigenvalue weighted by molar-refractivity contribution is 5.85. The topological polar surface area (TPSA) is 28.7 Å². The molecule has 2 aromatic carbocycles. The second-order valence-electron chi connectivity index (χ2n) is 5.02. The number of hydrogen-bond donors (Lipinski definition) is 1. The van der Waals surface area contributed by atoms with Gasteiger partial charge in [0.1, 0.15) is 0 Å². The standard InChI is InChI=1S/C19H14N2/c1-4-9-17-14(6-1)11-12-19(21-17)16-8-3-2-7-15(16)18-10-5-13-20-18/h1-13,20H. The SMILES string of the molecule is c1c[nH]c(-c2ccccc2-c2ccc3ccccc3n2)c1. The van der Waals surface area contributed by atoms with Crippen molar-refractivity contribution in [2.45, 2.75) is 0 Å². The molecule has 100 valence electrons. The Balaban J connectivity index is 1.93. The molecule has 2 heterocycles. The number of nitrogens with zero attached hydrogens (tertiary/aromatic N) is 1. The molecular formula is C19H14N2. The quantitative estimate of drug-likeness (QED) is 0.551. The number of aromatic nitrogens is 2. The molecule has 0 spiro atoms. The van der Waals surface area contributed by atoms with Crippen LogP contribution in [0.15, 0.2) is 79.0 Å². The Labute approximate surface area is 123 Å². The van der Waals surface area contributed by atoms with Crippen molar-refractivity contribution in [3.63, 3.8) is 0 Å². The zero-order valence-electron chi connectivity index (χ0n) is 11.5. The van der Waals surface area contributed by atoms with Crippen LogP contribution >= 0.6 is 0 Å². The molecule has 21 heavy (non-hydrogen) atoms. The molecule has 2 aromatic heterocycles. The van der Waals surface area contributed by atoms with Crippen LogP contribution in [0.25, 0.3) is 33.4 Å². The van der Waals surface area contributed by atoms with Gasteiger partial charge in [0.15, 0.2) is 0 Å². The van der Waals surface area contributed by atoms with Crippen molar-refractivity contribution in [1.29, 1.82) is 0 Å². The third-order valence-electron chi connectivity index (χ3n) is 3.69. The van der Waals surface area contributed by atoms with Crippen LogP contribution in [-0.2, 0) is 0 Å². The van der Waals surface area contributed by atoms with Gasteiger partial charge >= 0.3 is 0 Å². The normalized spacial score (nSPS) is 10.9. The minimum Gasteiger partial charge on any atom is -0.361 e. The van der Waals surface area contributed by atoms with Crippen molar-refractivity contribution >= 4 is 10.9 Å². The predicted molar refractivity (Wildman–Crippen MR) is 87.0 cm³/mol. The summed E-state index contributed by atoms with van der Waals surface area (Å²) in [4.78, 5) is 8.08. The van der Waals surface area contributed by atoms with Gasteiger partial charge in [-0.3, -0.25) is 0 Å². The summed E-state index contributed by atoms with van der Waals surface area (Å²) < 4.78 is 0. The zero-order valence-corrected chi connectivity index (χ0v) is 11.5. The molecule has 0 unspecified atom stereocenters. The first-order valence-corrected chi connectivity index (χ1v) is 7.01. The third kappa shape index (κ3) is 2.11. The summed E-state index contributed by atoms with van der Waals surface area (Å²) in [6.45, 7) is 0. The number of hydrogen-bond acceptors (Lipinski definition) is 1. The summed E-state index contributed by atoms with van der Waals surface area (Å²) in [5.74, 6) is 0. The van der Waals surface area contributed by atoms with Crippen LogP contribution in [0.5, 0.6) is 0 Å². The van der Waals surface area contributed by atoms with Gasteiger partial charge in [-0.05, 0) is 24.3 Å². The first kappa shape index (κ1) is 11.9. The summed E-state index contributed by atoms with van der Waals surface area (Å²) in [6.07, 6.45) is 1.94. The number of H-pyrrole nitrogens is 1. The van der Waals surface area contributed by atoms with E-state index in [0.717, 1.165) is 22.5 Å². The molecule has 0 amide bonds. The maximum atomic E-state index is 4.80. The van der Waals surface area contributed by atoms with E-state index < -0.39 is 0 Å². The Morgan fingerprint density at radius 2 is 1.48 bits per heavy atom. The number of rotatable bonds is 2. The van der Waals surface area contributed by atoms with E-state index in [1.54, 1.807) is 0 Å². The van der Waals surface area contributed by atoms with E-state index >= 15 is 0 Å². The van der Waals surface area contributed by atoms with Crippen molar-refractivity contribution in [3.05, 3.63) is 79.0 Å². The fourth-order valence-corrected chi connectivity index (χ4v) is 2.66. The molecular weight excluding hydrogens is 256 g/mol. The van der Waals surface area contributed by atoms with Crippen LogP contribution in [0.4, 0.5) is 0 Å². The summed E-state index contributed by atoms with van der Waals surface area (Å²) in [5.41, 5.74) is 5.45. The number of benzene rings is 2. The second kappa shape index (κ2) is 4.91. The van der Waals surface area contributed by atoms with Crippen molar-refractivity contribution in [3.8, 4) is 22.5 Å². The first-order valence-electron chi connectivity index (χ1n) is 7.01. The Hall–Kier alpha value is -2.87. The molecule has 1 N–H and O–H groups in total. The minimum absolute atomic E-state index is 0.999. The second-order valence-corrected chi connectivity index (χ2v) is 5.02. The number of fused-ring (bicyclic) bond motifs is 1. The van der Waals surface area contributed by atoms with Crippen molar-refractivity contribution in [1.82, 2.24) is 9.97 Å². The van der Waals surface area contributed by atoms with E-state index in [2.05, 4.69) is 59.6 Å². The maximum absolute atomic E-state index is 4.80. The molecule has 0 aliphatic carbocycles. The van der Waals surface area contributed by atoms with Crippen LogP contribution in [0.3, 0.4) is 0 Å². The molecule has 4 aromatic rings. The fourth-order valence-electron chi connectivity index (χ4n) is 2.66. The molecule has 2 nitrogen and oxygen atoms in total. The van der Waals surface area contributed by atoms with E-state index in [-0.39, 0.29) is 0 Å². The van der Waals surface area contributed by atoms with Gasteiger partial charge in [0, 0.05) is 28.4 Å². The average Bonchev–Trinajstić information content (AvgIpc) is 3.09. The lowest BCUT2D eigenvalue weighted by atomic mass is 10.0. The van der Waals surface area contributed by atoms with Gasteiger partial charge in [-0.2, -0.15) is 0 Å². The average molecular weight is 270 g/mol. The fraction of sp³-hybridized carbons (Fsp3) is 0. The monoisotopic (exact) mass is 270 g/mol. The number of pyridine rings is 1. The third-order valence-corrected chi connectivity index (χ3v) is 3.69. The van der Waals surface area contributed by atoms with Gasteiger partial charge < -0.3 is 4.98 Å². The van der Waals surface area contributed by atoms with Crippen molar-refractivity contribution in [2.24, 2.45) is 0 Å². The summed E-state index contributed by atoms with van der Waals surface area (Å²) in [5, 5.41) is 1.17. The van der Waals surface area contributed by atoms with Gasteiger partial charge in [-0.1, -0.05) is 48.5 Å². The largest absolute Gasteiger partial charge is 0.361 e. The number of aromatic amines is 1. The van der Waals surface area contributed by atoms with Gasteiger partial charge in [0.25, 0.3) is 0 Å². The van der Waals surface area contributed by atoms with Crippen LogP contribution in [0, 0.1) is 0 Å². The summed E-state index contributed by atoms with van der Waals surface area (Å²) >= 11 is 0. The van der Waals surface area contributed by atoms with Crippen LogP contribution in [0.1, 0.15) is 0 Å². The molecule has 0 radical (unpaired) electrons. The van der Waals surface area contributed by atoms with Gasteiger partial charge in [-0.15, -0.1) is 0 Å². The van der Waals surface area contributed by atoms with E-state index in [1.807, 2.05) is 24.4 Å². The molecule has 0 bridgehead atoms. The smallest absolute Gasteiger partial charge is 0.0716 e. The Morgan fingerprint density at radius 1 is 0.667 bits per heavy atom. The summed E-state index contributed by atoms with van der Waals surface area (Å²) in [7, 11) is 0. The molecule has 2 heteroatoms. The molecule has 0 aliphatic heterocycles. The molecule has 0 saturated heterocycles. The maximum Gasteiger partial charge on any atom is 0.0716 e. The summed E-state index contributed by atoms with van der Waals surface area (Å²) in [6, 6.07) is 24.9. The minimum atomic E-state index is 0.999. The highest BCUT2D eigenvalue weighted by atomic mass is 14.7. The van der Waals surface area contributed by atoms with Crippen molar-refractivity contribution in [2.75, 3.05) is 0 Å².